The van der Waals surface area contributed by atoms with Gasteiger partial charge in [-0.25, -0.2) is 4.79 Å². The third kappa shape index (κ3) is 6.66. The Balaban J connectivity index is 2.21. The van der Waals surface area contributed by atoms with Crippen LogP contribution in [0.25, 0.3) is 10.4 Å². The number of nitrogens with one attached hydrogen (secondary N) is 1. The van der Waals surface area contributed by atoms with Crippen LogP contribution >= 0.6 is 0 Å². The SMILES string of the molecule is CCCC(CCNC(=O)OCc1ccccc1)N=[N+]=[N-]. The van der Waals surface area contributed by atoms with Gasteiger partial charge in [0.25, 0.3) is 0 Å². The lowest BCUT2D eigenvalue weighted by Crippen LogP contribution is -2.27. The van der Waals surface area contributed by atoms with E-state index in [9.17, 15) is 4.79 Å². The van der Waals surface area contributed by atoms with Gasteiger partial charge in [0.15, 0.2) is 0 Å². The molecule has 0 saturated carbocycles. The van der Waals surface area contributed by atoms with Gasteiger partial charge in [-0.15, -0.1) is 0 Å². The third-order valence-electron chi connectivity index (χ3n) is 2.80. The van der Waals surface area contributed by atoms with E-state index in [0.717, 1.165) is 18.4 Å². The minimum atomic E-state index is -0.454. The number of benzene rings is 1. The predicted octanol–water partition coefficient (Wildman–Crippen LogP) is 3.78. The van der Waals surface area contributed by atoms with Crippen molar-refractivity contribution in [3.8, 4) is 0 Å². The fourth-order valence-corrected chi connectivity index (χ4v) is 1.78. The highest BCUT2D eigenvalue weighted by Gasteiger charge is 2.07. The zero-order valence-electron chi connectivity index (χ0n) is 11.7. The molecule has 1 unspecified atom stereocenters. The van der Waals surface area contributed by atoms with Gasteiger partial charge in [-0.2, -0.15) is 0 Å². The van der Waals surface area contributed by atoms with E-state index in [0.29, 0.717) is 13.0 Å². The van der Waals surface area contributed by atoms with Crippen LogP contribution in [0.4, 0.5) is 4.79 Å². The van der Waals surface area contributed by atoms with Crippen molar-refractivity contribution >= 4 is 6.09 Å². The number of alkyl carbamates (subject to hydrolysis) is 1. The number of azide groups is 1. The van der Waals surface area contributed by atoms with Crippen LogP contribution in [0.2, 0.25) is 0 Å². The van der Waals surface area contributed by atoms with E-state index in [1.165, 1.54) is 0 Å². The highest BCUT2D eigenvalue weighted by atomic mass is 16.5. The van der Waals surface area contributed by atoms with Gasteiger partial charge >= 0.3 is 6.09 Å². The second-order valence-corrected chi connectivity index (χ2v) is 4.42. The summed E-state index contributed by atoms with van der Waals surface area (Å²) in [7, 11) is 0. The minimum absolute atomic E-state index is 0.0700. The summed E-state index contributed by atoms with van der Waals surface area (Å²) in [5.74, 6) is 0. The maximum atomic E-state index is 11.5. The number of hydrogen-bond acceptors (Lipinski definition) is 3. The van der Waals surface area contributed by atoms with Gasteiger partial charge in [0.1, 0.15) is 6.61 Å². The van der Waals surface area contributed by atoms with Crippen LogP contribution in [0, 0.1) is 0 Å². The van der Waals surface area contributed by atoms with Crippen molar-refractivity contribution in [2.24, 2.45) is 5.11 Å². The monoisotopic (exact) mass is 276 g/mol. The van der Waals surface area contributed by atoms with E-state index in [-0.39, 0.29) is 12.6 Å². The molecule has 1 amide bonds. The summed E-state index contributed by atoms with van der Waals surface area (Å²) in [5, 5.41) is 6.35. The van der Waals surface area contributed by atoms with E-state index in [1.54, 1.807) is 0 Å². The van der Waals surface area contributed by atoms with Crippen molar-refractivity contribution in [1.29, 1.82) is 0 Å². The van der Waals surface area contributed by atoms with Gasteiger partial charge in [0.2, 0.25) is 0 Å². The molecule has 0 aliphatic rings. The second kappa shape index (κ2) is 9.69. The van der Waals surface area contributed by atoms with Crippen LogP contribution in [0.15, 0.2) is 35.4 Å². The molecule has 1 atom stereocenters. The normalized spacial score (nSPS) is 11.2. The highest BCUT2D eigenvalue weighted by molar-refractivity contribution is 5.67. The number of ether oxygens (including phenoxy) is 1. The van der Waals surface area contributed by atoms with Crippen LogP contribution in [0.3, 0.4) is 0 Å². The molecule has 0 heterocycles. The number of amides is 1. The third-order valence-corrected chi connectivity index (χ3v) is 2.80. The first kappa shape index (κ1) is 15.9. The fraction of sp³-hybridized carbons (Fsp3) is 0.500. The molecule has 0 radical (unpaired) electrons. The van der Waals surface area contributed by atoms with Crippen molar-refractivity contribution < 1.29 is 9.53 Å². The van der Waals surface area contributed by atoms with E-state index in [4.69, 9.17) is 10.3 Å². The van der Waals surface area contributed by atoms with Gasteiger partial charge in [-0.05, 0) is 23.9 Å². The molecule has 0 aliphatic carbocycles. The average Bonchev–Trinajstić information content (AvgIpc) is 2.47. The Hall–Kier alpha value is -2.20. The Morgan fingerprint density at radius 3 is 2.80 bits per heavy atom. The Morgan fingerprint density at radius 1 is 1.40 bits per heavy atom. The maximum absolute atomic E-state index is 11.5. The van der Waals surface area contributed by atoms with Crippen molar-refractivity contribution in [2.45, 2.75) is 38.8 Å². The van der Waals surface area contributed by atoms with Gasteiger partial charge in [-0.1, -0.05) is 48.8 Å². The van der Waals surface area contributed by atoms with E-state index in [2.05, 4.69) is 15.3 Å². The molecular formula is C14H20N4O2. The zero-order chi connectivity index (χ0) is 14.6. The summed E-state index contributed by atoms with van der Waals surface area (Å²) in [4.78, 5) is 14.3. The summed E-state index contributed by atoms with van der Waals surface area (Å²) in [6.45, 7) is 2.72. The molecule has 0 aliphatic heterocycles. The minimum Gasteiger partial charge on any atom is -0.445 e. The smallest absolute Gasteiger partial charge is 0.407 e. The summed E-state index contributed by atoms with van der Waals surface area (Å²) >= 11 is 0. The zero-order valence-corrected chi connectivity index (χ0v) is 11.7. The fourth-order valence-electron chi connectivity index (χ4n) is 1.78. The van der Waals surface area contributed by atoms with Crippen molar-refractivity contribution in [3.63, 3.8) is 0 Å². The molecule has 108 valence electrons. The van der Waals surface area contributed by atoms with Crippen molar-refractivity contribution in [3.05, 3.63) is 46.3 Å². The summed E-state index contributed by atoms with van der Waals surface area (Å²) < 4.78 is 5.08. The molecule has 20 heavy (non-hydrogen) atoms. The first-order chi connectivity index (χ1) is 9.76. The Morgan fingerprint density at radius 2 is 2.15 bits per heavy atom. The van der Waals surface area contributed by atoms with Gasteiger partial charge in [0.05, 0.1) is 0 Å². The molecule has 6 nitrogen and oxygen atoms in total. The molecule has 1 aromatic rings. The molecule has 0 spiro atoms. The predicted molar refractivity (Wildman–Crippen MR) is 77.1 cm³/mol. The second-order valence-electron chi connectivity index (χ2n) is 4.42. The molecule has 0 aromatic heterocycles. The summed E-state index contributed by atoms with van der Waals surface area (Å²) in [6.07, 6.45) is 1.94. The van der Waals surface area contributed by atoms with E-state index in [1.807, 2.05) is 37.3 Å². The molecule has 1 rings (SSSR count). The molecule has 1 aromatic carbocycles. The van der Waals surface area contributed by atoms with Crippen LogP contribution in [0.5, 0.6) is 0 Å². The van der Waals surface area contributed by atoms with Gasteiger partial charge in [-0.3, -0.25) is 0 Å². The molecule has 6 heteroatoms. The highest BCUT2D eigenvalue weighted by Crippen LogP contribution is 2.06. The number of nitrogens with zero attached hydrogens (tertiary/aromatic N) is 3. The topological polar surface area (TPSA) is 87.1 Å². The number of carbonyl (C=O) groups is 1. The van der Waals surface area contributed by atoms with Crippen LogP contribution < -0.4 is 5.32 Å². The summed E-state index contributed by atoms with van der Waals surface area (Å²) in [6, 6.07) is 9.42. The Labute approximate surface area is 118 Å². The van der Waals surface area contributed by atoms with E-state index >= 15 is 0 Å². The molecule has 0 fully saturated rings. The van der Waals surface area contributed by atoms with Crippen LogP contribution in [-0.4, -0.2) is 18.7 Å². The Bertz CT molecular complexity index is 444. The molecule has 0 saturated heterocycles. The summed E-state index contributed by atoms with van der Waals surface area (Å²) in [5.41, 5.74) is 9.37. The van der Waals surface area contributed by atoms with Gasteiger partial charge < -0.3 is 10.1 Å². The largest absolute Gasteiger partial charge is 0.445 e. The standard InChI is InChI=1S/C14H20N4O2/c1-2-6-13(17-18-15)9-10-16-14(19)20-11-12-7-4-3-5-8-12/h3-5,7-8,13H,2,6,9-11H2,1H3,(H,16,19). The first-order valence-electron chi connectivity index (χ1n) is 6.75. The lowest BCUT2D eigenvalue weighted by molar-refractivity contribution is 0.139. The van der Waals surface area contributed by atoms with E-state index < -0.39 is 6.09 Å². The maximum Gasteiger partial charge on any atom is 0.407 e. The van der Waals surface area contributed by atoms with Crippen LogP contribution in [-0.2, 0) is 11.3 Å². The first-order valence-corrected chi connectivity index (χ1v) is 6.75. The lowest BCUT2D eigenvalue weighted by Gasteiger charge is -2.10. The Kier molecular flexibility index (Phi) is 7.69. The van der Waals surface area contributed by atoms with Gasteiger partial charge in [0, 0.05) is 17.5 Å². The molecular weight excluding hydrogens is 256 g/mol. The number of rotatable bonds is 8. The number of hydrogen-bond donors (Lipinski definition) is 1. The van der Waals surface area contributed by atoms with Crippen molar-refractivity contribution in [2.75, 3.05) is 6.54 Å². The molecule has 0 bridgehead atoms. The van der Waals surface area contributed by atoms with Crippen molar-refractivity contribution in [1.82, 2.24) is 5.32 Å². The lowest BCUT2D eigenvalue weighted by atomic mass is 10.1. The average molecular weight is 276 g/mol. The quantitative estimate of drug-likeness (QED) is 0.445. The van der Waals surface area contributed by atoms with Crippen LogP contribution in [0.1, 0.15) is 31.7 Å². The number of carbonyl (C=O) groups excluding carboxylic acids is 1. The molecule has 1 N–H and O–H groups in total.